The van der Waals surface area contributed by atoms with E-state index in [-0.39, 0.29) is 16.9 Å². The summed E-state index contributed by atoms with van der Waals surface area (Å²) in [4.78, 5) is 12.4. The van der Waals surface area contributed by atoms with E-state index in [0.29, 0.717) is 6.42 Å². The molecule has 1 N–H and O–H groups in total. The number of fused-ring (bicyclic) bond motifs is 1. The minimum atomic E-state index is -0.195. The molecule has 0 aliphatic heterocycles. The number of carbonyl (C=O) groups excluding carboxylic acids is 1. The standard InChI is InChI=1S/C20H27NO/c1-19(2,3)14-20(4,5)21-18(22)13-16-11-8-10-15-9-6-7-12-17(15)16/h6-12H,13-14H2,1-5H3,(H,21,22). The summed E-state index contributed by atoms with van der Waals surface area (Å²) < 4.78 is 0. The summed E-state index contributed by atoms with van der Waals surface area (Å²) in [7, 11) is 0. The lowest BCUT2D eigenvalue weighted by molar-refractivity contribution is -0.122. The van der Waals surface area contributed by atoms with Crippen LogP contribution in [0.4, 0.5) is 0 Å². The molecule has 0 spiro atoms. The summed E-state index contributed by atoms with van der Waals surface area (Å²) in [5.41, 5.74) is 1.08. The quantitative estimate of drug-likeness (QED) is 0.869. The second kappa shape index (κ2) is 6.12. The Bertz CT molecular complexity index is 659. The first-order valence-corrected chi connectivity index (χ1v) is 7.94. The van der Waals surface area contributed by atoms with Gasteiger partial charge in [0.25, 0.3) is 0 Å². The molecule has 0 heterocycles. The van der Waals surface area contributed by atoms with Crippen molar-refractivity contribution in [2.24, 2.45) is 5.41 Å². The van der Waals surface area contributed by atoms with Crippen molar-refractivity contribution in [1.82, 2.24) is 5.32 Å². The first-order valence-electron chi connectivity index (χ1n) is 7.94. The maximum absolute atomic E-state index is 12.4. The van der Waals surface area contributed by atoms with Crippen molar-refractivity contribution in [1.29, 1.82) is 0 Å². The molecule has 22 heavy (non-hydrogen) atoms. The van der Waals surface area contributed by atoms with Crippen LogP contribution in [0, 0.1) is 5.41 Å². The van der Waals surface area contributed by atoms with Crippen LogP contribution in [0.5, 0.6) is 0 Å². The van der Waals surface area contributed by atoms with Gasteiger partial charge in [0, 0.05) is 5.54 Å². The molecule has 0 radical (unpaired) electrons. The van der Waals surface area contributed by atoms with Crippen molar-refractivity contribution in [3.63, 3.8) is 0 Å². The van der Waals surface area contributed by atoms with Crippen molar-refractivity contribution in [3.05, 3.63) is 48.0 Å². The number of carbonyl (C=O) groups is 1. The third-order valence-electron chi connectivity index (χ3n) is 3.68. The minimum Gasteiger partial charge on any atom is -0.351 e. The van der Waals surface area contributed by atoms with Gasteiger partial charge in [-0.15, -0.1) is 0 Å². The summed E-state index contributed by atoms with van der Waals surface area (Å²) in [5.74, 6) is 0.0885. The SMILES string of the molecule is CC(C)(C)CC(C)(C)NC(=O)Cc1cccc2ccccc12. The highest BCUT2D eigenvalue weighted by molar-refractivity contribution is 5.90. The third-order valence-corrected chi connectivity index (χ3v) is 3.68. The van der Waals surface area contributed by atoms with Gasteiger partial charge in [0.15, 0.2) is 0 Å². The molecule has 0 atom stereocenters. The highest BCUT2D eigenvalue weighted by atomic mass is 16.1. The fourth-order valence-electron chi connectivity index (χ4n) is 3.41. The lowest BCUT2D eigenvalue weighted by Crippen LogP contribution is -2.46. The summed E-state index contributed by atoms with van der Waals surface area (Å²) in [6, 6.07) is 14.4. The van der Waals surface area contributed by atoms with Crippen LogP contribution in [0.3, 0.4) is 0 Å². The maximum Gasteiger partial charge on any atom is 0.224 e. The van der Waals surface area contributed by atoms with Crippen molar-refractivity contribution >= 4 is 16.7 Å². The zero-order valence-electron chi connectivity index (χ0n) is 14.4. The minimum absolute atomic E-state index is 0.0885. The van der Waals surface area contributed by atoms with Gasteiger partial charge in [0.2, 0.25) is 5.91 Å². The fourth-order valence-corrected chi connectivity index (χ4v) is 3.41. The number of hydrogen-bond acceptors (Lipinski definition) is 1. The van der Waals surface area contributed by atoms with Crippen molar-refractivity contribution < 1.29 is 4.79 Å². The van der Waals surface area contributed by atoms with Crippen LogP contribution in [-0.4, -0.2) is 11.4 Å². The second-order valence-electron chi connectivity index (χ2n) is 7.98. The van der Waals surface area contributed by atoms with Crippen molar-refractivity contribution in [2.45, 2.75) is 53.0 Å². The highest BCUT2D eigenvalue weighted by Crippen LogP contribution is 2.27. The predicted octanol–water partition coefficient (Wildman–Crippen LogP) is 4.71. The average Bonchev–Trinajstić information content (AvgIpc) is 2.35. The van der Waals surface area contributed by atoms with Gasteiger partial charge in [-0.25, -0.2) is 0 Å². The van der Waals surface area contributed by atoms with E-state index in [4.69, 9.17) is 0 Å². The Morgan fingerprint density at radius 1 is 0.955 bits per heavy atom. The molecule has 0 bridgehead atoms. The Labute approximate surface area is 133 Å². The second-order valence-corrected chi connectivity index (χ2v) is 7.98. The fraction of sp³-hybridized carbons (Fsp3) is 0.450. The summed E-state index contributed by atoms with van der Waals surface area (Å²) >= 11 is 0. The Morgan fingerprint density at radius 3 is 2.27 bits per heavy atom. The zero-order chi connectivity index (χ0) is 16.4. The normalized spacial score (nSPS) is 12.4. The van der Waals surface area contributed by atoms with E-state index in [1.807, 2.05) is 24.3 Å². The van der Waals surface area contributed by atoms with Gasteiger partial charge in [-0.05, 0) is 42.0 Å². The van der Waals surface area contributed by atoms with Gasteiger partial charge in [0.05, 0.1) is 6.42 Å². The first kappa shape index (κ1) is 16.5. The highest BCUT2D eigenvalue weighted by Gasteiger charge is 2.27. The van der Waals surface area contributed by atoms with Gasteiger partial charge in [0.1, 0.15) is 0 Å². The molecule has 0 aliphatic rings. The number of rotatable bonds is 4. The Kier molecular flexibility index (Phi) is 4.60. The van der Waals surface area contributed by atoms with Crippen LogP contribution < -0.4 is 5.32 Å². The van der Waals surface area contributed by atoms with Crippen LogP contribution >= 0.6 is 0 Å². The van der Waals surface area contributed by atoms with E-state index in [2.05, 4.69) is 58.1 Å². The molecule has 2 heteroatoms. The lowest BCUT2D eigenvalue weighted by Gasteiger charge is -2.33. The molecular formula is C20H27NO. The number of nitrogens with one attached hydrogen (secondary N) is 1. The lowest BCUT2D eigenvalue weighted by atomic mass is 9.81. The topological polar surface area (TPSA) is 29.1 Å². The van der Waals surface area contributed by atoms with Crippen molar-refractivity contribution in [2.75, 3.05) is 0 Å². The summed E-state index contributed by atoms with van der Waals surface area (Å²) in [6.07, 6.45) is 1.37. The zero-order valence-corrected chi connectivity index (χ0v) is 14.4. The van der Waals surface area contributed by atoms with Crippen LogP contribution in [0.25, 0.3) is 10.8 Å². The smallest absolute Gasteiger partial charge is 0.224 e. The van der Waals surface area contributed by atoms with E-state index in [1.54, 1.807) is 0 Å². The molecule has 118 valence electrons. The molecule has 2 aromatic carbocycles. The summed E-state index contributed by atoms with van der Waals surface area (Å²) in [5, 5.41) is 5.53. The molecule has 2 nitrogen and oxygen atoms in total. The Hall–Kier alpha value is -1.83. The largest absolute Gasteiger partial charge is 0.351 e. The molecule has 0 fully saturated rings. The first-order chi connectivity index (χ1) is 10.2. The van der Waals surface area contributed by atoms with Gasteiger partial charge in [-0.2, -0.15) is 0 Å². The molecule has 2 aromatic rings. The third kappa shape index (κ3) is 4.59. The van der Waals surface area contributed by atoms with Crippen LogP contribution in [0.2, 0.25) is 0 Å². The Morgan fingerprint density at radius 2 is 1.59 bits per heavy atom. The monoisotopic (exact) mass is 297 g/mol. The molecule has 0 saturated carbocycles. The van der Waals surface area contributed by atoms with E-state index >= 15 is 0 Å². The van der Waals surface area contributed by atoms with E-state index < -0.39 is 0 Å². The maximum atomic E-state index is 12.4. The molecule has 0 aliphatic carbocycles. The molecule has 0 aromatic heterocycles. The number of amides is 1. The molecular weight excluding hydrogens is 270 g/mol. The van der Waals surface area contributed by atoms with E-state index in [9.17, 15) is 4.79 Å². The summed E-state index contributed by atoms with van der Waals surface area (Å²) in [6.45, 7) is 10.8. The molecule has 0 unspecified atom stereocenters. The van der Waals surface area contributed by atoms with E-state index in [1.165, 1.54) is 5.39 Å². The predicted molar refractivity (Wildman–Crippen MR) is 93.9 cm³/mol. The Balaban J connectivity index is 2.11. The number of hydrogen-bond donors (Lipinski definition) is 1. The van der Waals surface area contributed by atoms with Gasteiger partial charge >= 0.3 is 0 Å². The molecule has 2 rings (SSSR count). The van der Waals surface area contributed by atoms with Gasteiger partial charge < -0.3 is 5.32 Å². The van der Waals surface area contributed by atoms with Crippen LogP contribution in [0.1, 0.15) is 46.6 Å². The van der Waals surface area contributed by atoms with Gasteiger partial charge in [-0.3, -0.25) is 4.79 Å². The van der Waals surface area contributed by atoms with Crippen LogP contribution in [-0.2, 0) is 11.2 Å². The van der Waals surface area contributed by atoms with Crippen LogP contribution in [0.15, 0.2) is 42.5 Å². The van der Waals surface area contributed by atoms with E-state index in [0.717, 1.165) is 17.4 Å². The molecule has 1 amide bonds. The molecule has 0 saturated heterocycles. The average molecular weight is 297 g/mol. The van der Waals surface area contributed by atoms with Gasteiger partial charge in [-0.1, -0.05) is 63.2 Å². The number of benzene rings is 2. The van der Waals surface area contributed by atoms with Crippen molar-refractivity contribution in [3.8, 4) is 0 Å².